The zero-order valence-corrected chi connectivity index (χ0v) is 20.3. The third-order valence-electron chi connectivity index (χ3n) is 7.91. The summed E-state index contributed by atoms with van der Waals surface area (Å²) in [5, 5.41) is 10.9. The summed E-state index contributed by atoms with van der Waals surface area (Å²) in [5.41, 5.74) is 2.56. The molecule has 3 aromatic rings. The molecule has 1 atom stereocenters. The lowest BCUT2D eigenvalue weighted by atomic mass is 9.94. The number of aliphatic hydroxyl groups is 1. The summed E-state index contributed by atoms with van der Waals surface area (Å²) >= 11 is 0. The molecule has 4 heterocycles. The lowest BCUT2D eigenvalue weighted by Crippen LogP contribution is -2.42. The van der Waals surface area contributed by atoms with Crippen LogP contribution in [-0.2, 0) is 23.2 Å². The van der Waals surface area contributed by atoms with E-state index in [4.69, 9.17) is 4.98 Å². The number of pyridine rings is 1. The summed E-state index contributed by atoms with van der Waals surface area (Å²) in [6.07, 6.45) is 6.23. The number of fused-ring (bicyclic) bond motifs is 1. The molecule has 0 bridgehead atoms. The minimum Gasteiger partial charge on any atom is -0.378 e. The summed E-state index contributed by atoms with van der Waals surface area (Å²) in [5.74, 6) is 1.12. The van der Waals surface area contributed by atoms with Crippen molar-refractivity contribution in [2.24, 2.45) is 0 Å². The fourth-order valence-electron chi connectivity index (χ4n) is 5.60. The Balaban J connectivity index is 1.20. The standard InChI is InChI=1S/C28H31N5O3/c34-24(19-9-13-29-23(17-19)32-14-5-2-6-15-32)26(36)33-16-10-22-21(18-33)25(35)31-27(30-22)28(11-12-28)20-7-3-1-4-8-20/h1,3-4,7-9,13,17,24,34H,2,5-6,10-12,14-16,18H2,(H,30,31,35). The Hall–Kier alpha value is -3.52. The molecular formula is C28H31N5O3. The molecule has 1 aromatic carbocycles. The van der Waals surface area contributed by atoms with E-state index in [1.54, 1.807) is 17.2 Å². The largest absolute Gasteiger partial charge is 0.378 e. The Bertz CT molecular complexity index is 1330. The van der Waals surface area contributed by atoms with E-state index < -0.39 is 12.0 Å². The molecule has 1 unspecified atom stereocenters. The summed E-state index contributed by atoms with van der Waals surface area (Å²) < 4.78 is 0. The first kappa shape index (κ1) is 22.9. The highest BCUT2D eigenvalue weighted by molar-refractivity contribution is 5.82. The number of carbonyl (C=O) groups is 1. The highest BCUT2D eigenvalue weighted by atomic mass is 16.3. The zero-order valence-electron chi connectivity index (χ0n) is 20.3. The average molecular weight is 486 g/mol. The Morgan fingerprint density at radius 1 is 1.06 bits per heavy atom. The van der Waals surface area contributed by atoms with Crippen molar-refractivity contribution in [3.05, 3.63) is 87.2 Å². The average Bonchev–Trinajstić information content (AvgIpc) is 3.75. The van der Waals surface area contributed by atoms with Gasteiger partial charge in [-0.25, -0.2) is 9.97 Å². The van der Waals surface area contributed by atoms with Crippen LogP contribution in [0.2, 0.25) is 0 Å². The molecule has 2 aromatic heterocycles. The van der Waals surface area contributed by atoms with E-state index in [1.165, 1.54) is 12.0 Å². The molecule has 8 nitrogen and oxygen atoms in total. The molecule has 6 rings (SSSR count). The molecule has 2 fully saturated rings. The van der Waals surface area contributed by atoms with Gasteiger partial charge in [0.05, 0.1) is 23.2 Å². The van der Waals surface area contributed by atoms with Crippen molar-refractivity contribution in [1.29, 1.82) is 0 Å². The number of nitrogens with zero attached hydrogens (tertiary/aromatic N) is 4. The number of amides is 1. The predicted molar refractivity (Wildman–Crippen MR) is 136 cm³/mol. The van der Waals surface area contributed by atoms with Gasteiger partial charge in [-0.2, -0.15) is 0 Å². The maximum absolute atomic E-state index is 13.2. The number of hydrogen-bond acceptors (Lipinski definition) is 6. The molecule has 8 heteroatoms. The van der Waals surface area contributed by atoms with Crippen molar-refractivity contribution in [3.8, 4) is 0 Å². The van der Waals surface area contributed by atoms with Gasteiger partial charge in [-0.3, -0.25) is 9.59 Å². The number of aromatic amines is 1. The summed E-state index contributed by atoms with van der Waals surface area (Å²) in [6, 6.07) is 13.7. The van der Waals surface area contributed by atoms with Gasteiger partial charge in [0.2, 0.25) is 0 Å². The molecule has 186 valence electrons. The number of H-pyrrole nitrogens is 1. The number of carbonyl (C=O) groups excluding carboxylic acids is 1. The third-order valence-corrected chi connectivity index (χ3v) is 7.91. The van der Waals surface area contributed by atoms with Gasteiger partial charge >= 0.3 is 0 Å². The van der Waals surface area contributed by atoms with Crippen molar-refractivity contribution in [3.63, 3.8) is 0 Å². The minimum absolute atomic E-state index is 0.149. The second kappa shape index (κ2) is 9.17. The molecule has 0 radical (unpaired) electrons. The van der Waals surface area contributed by atoms with Crippen molar-refractivity contribution in [1.82, 2.24) is 19.9 Å². The molecule has 3 aliphatic rings. The number of benzene rings is 1. The molecule has 2 N–H and O–H groups in total. The van der Waals surface area contributed by atoms with Crippen LogP contribution in [-0.4, -0.2) is 50.5 Å². The van der Waals surface area contributed by atoms with E-state index >= 15 is 0 Å². The highest BCUT2D eigenvalue weighted by Crippen LogP contribution is 2.51. The van der Waals surface area contributed by atoms with Gasteiger partial charge in [0, 0.05) is 32.3 Å². The Kier molecular flexibility index (Phi) is 5.84. The van der Waals surface area contributed by atoms with Crippen molar-refractivity contribution < 1.29 is 9.90 Å². The van der Waals surface area contributed by atoms with Crippen molar-refractivity contribution >= 4 is 11.7 Å². The maximum Gasteiger partial charge on any atom is 0.256 e. The van der Waals surface area contributed by atoms with Crippen LogP contribution >= 0.6 is 0 Å². The van der Waals surface area contributed by atoms with Crippen molar-refractivity contribution in [2.75, 3.05) is 24.5 Å². The van der Waals surface area contributed by atoms with Crippen LogP contribution in [0.1, 0.15) is 66.4 Å². The second-order valence-corrected chi connectivity index (χ2v) is 10.2. The van der Waals surface area contributed by atoms with E-state index in [0.717, 1.165) is 56.1 Å². The topological polar surface area (TPSA) is 102 Å². The van der Waals surface area contributed by atoms with Crippen LogP contribution in [0.5, 0.6) is 0 Å². The van der Waals surface area contributed by atoms with Gasteiger partial charge < -0.3 is 19.9 Å². The number of anilines is 1. The number of nitrogens with one attached hydrogen (secondary N) is 1. The van der Waals surface area contributed by atoms with Crippen LogP contribution in [0.25, 0.3) is 0 Å². The van der Waals surface area contributed by atoms with Gasteiger partial charge in [-0.15, -0.1) is 0 Å². The first-order chi connectivity index (χ1) is 17.5. The fraction of sp³-hybridized carbons (Fsp3) is 0.429. The molecule has 1 saturated carbocycles. The Morgan fingerprint density at radius 3 is 2.58 bits per heavy atom. The predicted octanol–water partition coefficient (Wildman–Crippen LogP) is 2.85. The van der Waals surface area contributed by atoms with Gasteiger partial charge in [0.25, 0.3) is 11.5 Å². The minimum atomic E-state index is -1.29. The maximum atomic E-state index is 13.2. The first-order valence-electron chi connectivity index (χ1n) is 12.9. The molecule has 1 amide bonds. The summed E-state index contributed by atoms with van der Waals surface area (Å²) in [7, 11) is 0. The quantitative estimate of drug-likeness (QED) is 0.576. The van der Waals surface area contributed by atoms with Crippen LogP contribution in [0.15, 0.2) is 53.5 Å². The summed E-state index contributed by atoms with van der Waals surface area (Å²) in [6.45, 7) is 2.44. The van der Waals surface area contributed by atoms with Gasteiger partial charge in [0.1, 0.15) is 11.6 Å². The van der Waals surface area contributed by atoms with E-state index in [2.05, 4.69) is 27.0 Å². The highest BCUT2D eigenvalue weighted by Gasteiger charge is 2.48. The van der Waals surface area contributed by atoms with Gasteiger partial charge in [0.15, 0.2) is 6.10 Å². The van der Waals surface area contributed by atoms with Crippen LogP contribution in [0, 0.1) is 0 Å². The normalized spacial score (nSPS) is 19.5. The number of hydrogen-bond donors (Lipinski definition) is 2. The molecular weight excluding hydrogens is 454 g/mol. The van der Waals surface area contributed by atoms with E-state index in [1.807, 2.05) is 24.3 Å². The van der Waals surface area contributed by atoms with Gasteiger partial charge in [-0.1, -0.05) is 30.3 Å². The number of piperidine rings is 1. The lowest BCUT2D eigenvalue weighted by Gasteiger charge is -2.31. The van der Waals surface area contributed by atoms with Crippen LogP contribution in [0.4, 0.5) is 5.82 Å². The molecule has 1 aliphatic carbocycles. The smallest absolute Gasteiger partial charge is 0.256 e. The lowest BCUT2D eigenvalue weighted by molar-refractivity contribution is -0.141. The van der Waals surface area contributed by atoms with Crippen molar-refractivity contribution in [2.45, 2.75) is 56.6 Å². The molecule has 1 saturated heterocycles. The number of aliphatic hydroxyl groups excluding tert-OH is 1. The molecule has 0 spiro atoms. The Labute approximate surface area is 210 Å². The summed E-state index contributed by atoms with van der Waals surface area (Å²) in [4.78, 5) is 42.5. The SMILES string of the molecule is O=C(C(O)c1ccnc(N2CCCCC2)c1)N1CCc2nc(C3(c4ccccc4)CC3)[nH]c(=O)c2C1. The zero-order chi connectivity index (χ0) is 24.7. The van der Waals surface area contributed by atoms with Crippen LogP contribution in [0.3, 0.4) is 0 Å². The van der Waals surface area contributed by atoms with E-state index in [-0.39, 0.29) is 17.5 Å². The van der Waals surface area contributed by atoms with E-state index in [9.17, 15) is 14.7 Å². The molecule has 2 aliphatic heterocycles. The third kappa shape index (κ3) is 4.09. The number of aromatic nitrogens is 3. The van der Waals surface area contributed by atoms with Gasteiger partial charge in [-0.05, 0) is 55.4 Å². The second-order valence-electron chi connectivity index (χ2n) is 10.2. The van der Waals surface area contributed by atoms with E-state index in [0.29, 0.717) is 24.1 Å². The number of rotatable bonds is 5. The van der Waals surface area contributed by atoms with Crippen LogP contribution < -0.4 is 10.5 Å². The monoisotopic (exact) mass is 485 g/mol. The fourth-order valence-corrected chi connectivity index (χ4v) is 5.60. The first-order valence-corrected chi connectivity index (χ1v) is 12.9. The Morgan fingerprint density at radius 2 is 1.83 bits per heavy atom. The molecule has 36 heavy (non-hydrogen) atoms.